The van der Waals surface area contributed by atoms with Gasteiger partial charge in [-0.25, -0.2) is 9.59 Å². The van der Waals surface area contributed by atoms with E-state index in [0.717, 1.165) is 4.88 Å². The third-order valence-electron chi connectivity index (χ3n) is 2.76. The highest BCUT2D eigenvalue weighted by molar-refractivity contribution is 7.16. The standard InChI is InChI=1S/C13H13ClN2O3S2/c1-2-16(7-8-3-4-10(14)21-8)13(19)15-11-9(12(17)18)5-6-20-11/h3-6H,2,7H2,1H3,(H,15,19)(H,17,18). The smallest absolute Gasteiger partial charge is 0.338 e. The van der Waals surface area contributed by atoms with Gasteiger partial charge >= 0.3 is 12.0 Å². The Kier molecular flexibility index (Phi) is 5.22. The van der Waals surface area contributed by atoms with Crippen LogP contribution >= 0.6 is 34.3 Å². The number of nitrogens with zero attached hydrogens (tertiary/aromatic N) is 1. The lowest BCUT2D eigenvalue weighted by Crippen LogP contribution is -2.34. The van der Waals surface area contributed by atoms with Crippen LogP contribution in [0.2, 0.25) is 4.34 Å². The Morgan fingerprint density at radius 1 is 1.38 bits per heavy atom. The van der Waals surface area contributed by atoms with Gasteiger partial charge < -0.3 is 10.0 Å². The SMILES string of the molecule is CCN(Cc1ccc(Cl)s1)C(=O)Nc1sccc1C(=O)O. The molecule has 112 valence electrons. The highest BCUT2D eigenvalue weighted by Gasteiger charge is 2.18. The molecular formula is C13H13ClN2O3S2. The highest BCUT2D eigenvalue weighted by Crippen LogP contribution is 2.25. The number of carboxylic acid groups (broad SMARTS) is 1. The fourth-order valence-corrected chi connectivity index (χ4v) is 3.57. The van der Waals surface area contributed by atoms with Crippen molar-refractivity contribution in [2.24, 2.45) is 0 Å². The molecule has 2 aromatic rings. The first kappa shape index (κ1) is 15.8. The molecule has 0 atom stereocenters. The number of anilines is 1. The number of carboxylic acids is 1. The molecule has 0 unspecified atom stereocenters. The zero-order valence-electron chi connectivity index (χ0n) is 11.1. The van der Waals surface area contributed by atoms with Gasteiger partial charge in [-0.2, -0.15) is 0 Å². The molecule has 8 heteroatoms. The summed E-state index contributed by atoms with van der Waals surface area (Å²) in [5, 5.41) is 13.7. The van der Waals surface area contributed by atoms with Crippen LogP contribution in [0.3, 0.4) is 0 Å². The fraction of sp³-hybridized carbons (Fsp3) is 0.231. The Morgan fingerprint density at radius 3 is 2.71 bits per heavy atom. The van der Waals surface area contributed by atoms with E-state index in [1.807, 2.05) is 13.0 Å². The lowest BCUT2D eigenvalue weighted by atomic mass is 10.3. The van der Waals surface area contributed by atoms with Crippen LogP contribution in [0.4, 0.5) is 9.80 Å². The van der Waals surface area contributed by atoms with Crippen LogP contribution in [-0.4, -0.2) is 28.6 Å². The van der Waals surface area contributed by atoms with E-state index in [2.05, 4.69) is 5.32 Å². The molecule has 2 aromatic heterocycles. The summed E-state index contributed by atoms with van der Waals surface area (Å²) in [5.74, 6) is -1.06. The molecule has 0 fully saturated rings. The van der Waals surface area contributed by atoms with Crippen LogP contribution < -0.4 is 5.32 Å². The van der Waals surface area contributed by atoms with Crippen molar-refractivity contribution < 1.29 is 14.7 Å². The second-order valence-corrected chi connectivity index (χ2v) is 6.83. The molecule has 0 bridgehead atoms. The van der Waals surface area contributed by atoms with Crippen LogP contribution in [0.1, 0.15) is 22.2 Å². The first-order valence-electron chi connectivity index (χ1n) is 6.12. The molecule has 2 rings (SSSR count). The van der Waals surface area contributed by atoms with E-state index in [9.17, 15) is 9.59 Å². The second kappa shape index (κ2) is 6.93. The number of aromatic carboxylic acids is 1. The van der Waals surface area contributed by atoms with E-state index in [1.54, 1.807) is 16.3 Å². The van der Waals surface area contributed by atoms with E-state index >= 15 is 0 Å². The lowest BCUT2D eigenvalue weighted by molar-refractivity contribution is 0.0698. The van der Waals surface area contributed by atoms with E-state index in [1.165, 1.54) is 28.7 Å². The van der Waals surface area contributed by atoms with Crippen molar-refractivity contribution in [1.82, 2.24) is 4.90 Å². The number of thiophene rings is 2. The molecule has 0 spiro atoms. The van der Waals surface area contributed by atoms with Crippen molar-refractivity contribution in [2.45, 2.75) is 13.5 Å². The average molecular weight is 345 g/mol. The third-order valence-corrected chi connectivity index (χ3v) is 4.81. The van der Waals surface area contributed by atoms with Gasteiger partial charge in [0.2, 0.25) is 0 Å². The molecule has 0 aliphatic heterocycles. The van der Waals surface area contributed by atoms with Gasteiger partial charge in [0.25, 0.3) is 0 Å². The van der Waals surface area contributed by atoms with E-state index < -0.39 is 5.97 Å². The summed E-state index contributed by atoms with van der Waals surface area (Å²) >= 11 is 8.48. The Bertz CT molecular complexity index is 653. The maximum absolute atomic E-state index is 12.2. The van der Waals surface area contributed by atoms with Crippen LogP contribution in [-0.2, 0) is 6.54 Å². The molecule has 5 nitrogen and oxygen atoms in total. The summed E-state index contributed by atoms with van der Waals surface area (Å²) in [6.07, 6.45) is 0. The normalized spacial score (nSPS) is 10.4. The Hall–Kier alpha value is -1.57. The van der Waals surface area contributed by atoms with Gasteiger partial charge in [0.15, 0.2) is 0 Å². The lowest BCUT2D eigenvalue weighted by Gasteiger charge is -2.20. The van der Waals surface area contributed by atoms with Gasteiger partial charge in [-0.05, 0) is 30.5 Å². The maximum Gasteiger partial charge on any atom is 0.338 e. The van der Waals surface area contributed by atoms with Gasteiger partial charge in [0.05, 0.1) is 16.4 Å². The zero-order valence-corrected chi connectivity index (χ0v) is 13.5. The molecule has 21 heavy (non-hydrogen) atoms. The number of urea groups is 1. The molecule has 0 radical (unpaired) electrons. The van der Waals surface area contributed by atoms with Crippen LogP contribution in [0, 0.1) is 0 Å². The number of hydrogen-bond donors (Lipinski definition) is 2. The Morgan fingerprint density at radius 2 is 2.14 bits per heavy atom. The third kappa shape index (κ3) is 3.96. The molecule has 0 aliphatic rings. The fourth-order valence-electron chi connectivity index (χ4n) is 1.70. The number of rotatable bonds is 5. The van der Waals surface area contributed by atoms with Crippen molar-refractivity contribution in [3.63, 3.8) is 0 Å². The van der Waals surface area contributed by atoms with Crippen molar-refractivity contribution in [1.29, 1.82) is 0 Å². The predicted octanol–water partition coefficient (Wildman–Crippen LogP) is 4.22. The highest BCUT2D eigenvalue weighted by atomic mass is 35.5. The van der Waals surface area contributed by atoms with Gasteiger partial charge in [0.1, 0.15) is 5.00 Å². The summed E-state index contributed by atoms with van der Waals surface area (Å²) in [6.45, 7) is 2.81. The minimum Gasteiger partial charge on any atom is -0.478 e. The number of amides is 2. The summed E-state index contributed by atoms with van der Waals surface area (Å²) in [4.78, 5) is 25.8. The van der Waals surface area contributed by atoms with Crippen molar-refractivity contribution in [3.8, 4) is 0 Å². The minimum atomic E-state index is -1.06. The number of carbonyl (C=O) groups is 2. The quantitative estimate of drug-likeness (QED) is 0.853. The molecule has 0 saturated heterocycles. The predicted molar refractivity (Wildman–Crippen MR) is 85.7 cm³/mol. The molecule has 2 amide bonds. The van der Waals surface area contributed by atoms with Gasteiger partial charge in [-0.3, -0.25) is 5.32 Å². The summed E-state index contributed by atoms with van der Waals surface area (Å²) < 4.78 is 0.674. The summed E-state index contributed by atoms with van der Waals surface area (Å²) in [7, 11) is 0. The largest absolute Gasteiger partial charge is 0.478 e. The summed E-state index contributed by atoms with van der Waals surface area (Å²) in [6, 6.07) is 4.80. The maximum atomic E-state index is 12.2. The number of nitrogens with one attached hydrogen (secondary N) is 1. The topological polar surface area (TPSA) is 69.6 Å². The van der Waals surface area contributed by atoms with Crippen molar-refractivity contribution in [2.75, 3.05) is 11.9 Å². The zero-order chi connectivity index (χ0) is 15.4. The van der Waals surface area contributed by atoms with Crippen molar-refractivity contribution >= 4 is 51.3 Å². The molecule has 0 saturated carbocycles. The molecule has 0 aliphatic carbocycles. The molecule has 2 N–H and O–H groups in total. The van der Waals surface area contributed by atoms with E-state index in [4.69, 9.17) is 16.7 Å². The first-order valence-corrected chi connectivity index (χ1v) is 8.19. The van der Waals surface area contributed by atoms with Crippen LogP contribution in [0.15, 0.2) is 23.6 Å². The Balaban J connectivity index is 2.06. The van der Waals surface area contributed by atoms with Gasteiger partial charge in [0, 0.05) is 11.4 Å². The van der Waals surface area contributed by atoms with E-state index in [0.29, 0.717) is 22.4 Å². The molecular weight excluding hydrogens is 332 g/mol. The van der Waals surface area contributed by atoms with Crippen LogP contribution in [0.25, 0.3) is 0 Å². The Labute approximate surface area is 134 Å². The first-order chi connectivity index (χ1) is 10.0. The number of hydrogen-bond acceptors (Lipinski definition) is 4. The van der Waals surface area contributed by atoms with Gasteiger partial charge in [-0.1, -0.05) is 11.6 Å². The van der Waals surface area contributed by atoms with E-state index in [-0.39, 0.29) is 11.6 Å². The molecule has 2 heterocycles. The van der Waals surface area contributed by atoms with Gasteiger partial charge in [-0.15, -0.1) is 22.7 Å². The van der Waals surface area contributed by atoms with Crippen LogP contribution in [0.5, 0.6) is 0 Å². The van der Waals surface area contributed by atoms with Crippen molar-refractivity contribution in [3.05, 3.63) is 38.4 Å². The second-order valence-electron chi connectivity index (χ2n) is 4.12. The average Bonchev–Trinajstić information content (AvgIpc) is 3.04. The minimum absolute atomic E-state index is 0.101. The monoisotopic (exact) mass is 344 g/mol. The number of halogens is 1. The molecule has 0 aromatic carbocycles. The number of carbonyl (C=O) groups excluding carboxylic acids is 1. The summed E-state index contributed by atoms with van der Waals surface area (Å²) in [5.41, 5.74) is 0.101.